The van der Waals surface area contributed by atoms with Gasteiger partial charge in [-0.2, -0.15) is 0 Å². The normalized spacial score (nSPS) is 13.7. The van der Waals surface area contributed by atoms with E-state index in [1.54, 1.807) is 0 Å². The molecule has 3 N–H and O–H groups in total. The number of hydrogen-bond donors (Lipinski definition) is 2. The summed E-state index contributed by atoms with van der Waals surface area (Å²) in [4.78, 5) is 47.7. The Hall–Kier alpha value is -3.14. The number of nitrogens with two attached hydrogens (primary N) is 1. The first kappa shape index (κ1) is 28.9. The third-order valence-corrected chi connectivity index (χ3v) is 4.67. The molecule has 1 aromatic carbocycles. The molecule has 1 aromatic rings. The molecule has 10 heteroatoms. The van der Waals surface area contributed by atoms with E-state index in [4.69, 9.17) is 19.9 Å². The zero-order valence-corrected chi connectivity index (χ0v) is 20.6. The summed E-state index contributed by atoms with van der Waals surface area (Å²) < 4.78 is 20.2. The maximum atomic E-state index is 12.3. The average molecular weight is 482 g/mol. The molecule has 0 aliphatic carbocycles. The highest BCUT2D eigenvalue weighted by Gasteiger charge is 2.37. The first-order chi connectivity index (χ1) is 15.7. The third kappa shape index (κ3) is 9.78. The van der Waals surface area contributed by atoms with E-state index in [0.29, 0.717) is 5.56 Å². The van der Waals surface area contributed by atoms with Crippen molar-refractivity contribution >= 4 is 24.1 Å². The second-order valence-electron chi connectivity index (χ2n) is 9.15. The summed E-state index contributed by atoms with van der Waals surface area (Å²) in [5.41, 5.74) is 4.78. The fourth-order valence-corrected chi connectivity index (χ4v) is 3.19. The van der Waals surface area contributed by atoms with Gasteiger partial charge in [-0.1, -0.05) is 33.8 Å². The van der Waals surface area contributed by atoms with Crippen molar-refractivity contribution in [1.82, 2.24) is 0 Å². The van der Waals surface area contributed by atoms with Crippen molar-refractivity contribution in [2.24, 2.45) is 17.6 Å². The van der Waals surface area contributed by atoms with E-state index in [0.717, 1.165) is 7.11 Å². The molecule has 0 aliphatic heterocycles. The Bertz CT molecular complexity index is 881. The molecule has 0 spiro atoms. The number of methoxy groups -OCH3 is 1. The van der Waals surface area contributed by atoms with E-state index in [9.17, 15) is 24.3 Å². The number of esters is 2. The number of hydrogen-bond acceptors (Lipinski definition) is 9. The third-order valence-electron chi connectivity index (χ3n) is 4.67. The summed E-state index contributed by atoms with van der Waals surface area (Å²) in [7, 11) is 1.14. The van der Waals surface area contributed by atoms with Gasteiger partial charge in [-0.05, 0) is 36.5 Å². The molecule has 0 fully saturated rings. The lowest BCUT2D eigenvalue weighted by atomic mass is 9.86. The van der Waals surface area contributed by atoms with Gasteiger partial charge in [0.25, 0.3) is 0 Å². The largest absolute Gasteiger partial charge is 0.508 e. The van der Waals surface area contributed by atoms with Crippen molar-refractivity contribution in [2.75, 3.05) is 7.11 Å². The van der Waals surface area contributed by atoms with E-state index in [-0.39, 0.29) is 49.0 Å². The van der Waals surface area contributed by atoms with Gasteiger partial charge in [-0.15, -0.1) is 0 Å². The Morgan fingerprint density at radius 2 is 1.47 bits per heavy atom. The quantitative estimate of drug-likeness (QED) is 0.335. The first-order valence-electron chi connectivity index (χ1n) is 11.1. The summed E-state index contributed by atoms with van der Waals surface area (Å²) in [5, 5.41) is 9.75. The van der Waals surface area contributed by atoms with Crippen LogP contribution in [0.5, 0.6) is 11.5 Å². The van der Waals surface area contributed by atoms with Gasteiger partial charge in [-0.25, -0.2) is 4.79 Å². The van der Waals surface area contributed by atoms with E-state index < -0.39 is 35.7 Å². The van der Waals surface area contributed by atoms with Crippen LogP contribution in [0.2, 0.25) is 0 Å². The number of ether oxygens (including phenoxy) is 4. The van der Waals surface area contributed by atoms with Crippen LogP contribution in [0.25, 0.3) is 0 Å². The average Bonchev–Trinajstić information content (AvgIpc) is 2.68. The van der Waals surface area contributed by atoms with Gasteiger partial charge >= 0.3 is 24.1 Å². The fraction of sp³-hybridized carbons (Fsp3) is 0.583. The minimum absolute atomic E-state index is 0.00754. The maximum absolute atomic E-state index is 12.3. The zero-order valence-electron chi connectivity index (χ0n) is 20.6. The summed E-state index contributed by atoms with van der Waals surface area (Å²) in [6, 6.07) is 4.39. The van der Waals surface area contributed by atoms with Crippen LogP contribution in [0.15, 0.2) is 18.2 Å². The summed E-state index contributed by atoms with van der Waals surface area (Å²) in [6.07, 6.45) is -1.86. The molecule has 190 valence electrons. The van der Waals surface area contributed by atoms with Gasteiger partial charge in [0.05, 0.1) is 7.11 Å². The lowest BCUT2D eigenvalue weighted by Gasteiger charge is -2.28. The Balaban J connectivity index is 3.21. The van der Waals surface area contributed by atoms with E-state index in [2.05, 4.69) is 4.74 Å². The standard InChI is InChI=1S/C24H35NO9/c1-14(2)9-20(26)33-18-8-7-17(11-19(18)34-21(27)10-15(3)4)13-24(25,22(28)29)12-16(5)32-23(30)31-6/h7-8,11,14-16H,9-10,12-13,25H2,1-6H3,(H,28,29)/t16-,24?/m0/s1. The van der Waals surface area contributed by atoms with Crippen molar-refractivity contribution in [1.29, 1.82) is 0 Å². The second kappa shape index (κ2) is 12.9. The molecule has 1 unspecified atom stereocenters. The van der Waals surface area contributed by atoms with Crippen molar-refractivity contribution in [3.05, 3.63) is 23.8 Å². The highest BCUT2D eigenvalue weighted by Crippen LogP contribution is 2.32. The minimum atomic E-state index is -1.80. The van der Waals surface area contributed by atoms with Crippen LogP contribution in [-0.4, -0.2) is 47.9 Å². The van der Waals surface area contributed by atoms with Crippen LogP contribution in [0, 0.1) is 11.8 Å². The number of carbonyl (C=O) groups excluding carboxylic acids is 3. The SMILES string of the molecule is COC(=O)O[C@@H](C)CC(N)(Cc1ccc(OC(=O)CC(C)C)c(OC(=O)CC(C)C)c1)C(=O)O. The molecule has 0 amide bonds. The Morgan fingerprint density at radius 3 is 1.94 bits per heavy atom. The molecule has 0 saturated heterocycles. The Kier molecular flexibility index (Phi) is 11.0. The lowest BCUT2D eigenvalue weighted by Crippen LogP contribution is -2.52. The topological polar surface area (TPSA) is 151 Å². The number of rotatable bonds is 12. The predicted molar refractivity (Wildman–Crippen MR) is 122 cm³/mol. The molecular weight excluding hydrogens is 446 g/mol. The maximum Gasteiger partial charge on any atom is 0.508 e. The van der Waals surface area contributed by atoms with Gasteiger partial charge in [0.1, 0.15) is 11.6 Å². The van der Waals surface area contributed by atoms with Crippen molar-refractivity contribution in [3.63, 3.8) is 0 Å². The van der Waals surface area contributed by atoms with Crippen LogP contribution in [0.1, 0.15) is 59.4 Å². The molecule has 0 heterocycles. The van der Waals surface area contributed by atoms with Crippen LogP contribution in [0.3, 0.4) is 0 Å². The highest BCUT2D eigenvalue weighted by atomic mass is 16.7. The van der Waals surface area contributed by atoms with Gasteiger partial charge in [-0.3, -0.25) is 14.4 Å². The van der Waals surface area contributed by atoms with E-state index in [1.807, 2.05) is 27.7 Å². The molecule has 2 atom stereocenters. The number of aliphatic carboxylic acids is 1. The minimum Gasteiger partial charge on any atom is -0.480 e. The number of carboxylic acid groups (broad SMARTS) is 1. The molecular formula is C24H35NO9. The van der Waals surface area contributed by atoms with Crippen LogP contribution in [0.4, 0.5) is 4.79 Å². The van der Waals surface area contributed by atoms with Gasteiger partial charge in [0, 0.05) is 25.7 Å². The van der Waals surface area contributed by atoms with Gasteiger partial charge in [0.2, 0.25) is 0 Å². The van der Waals surface area contributed by atoms with E-state index >= 15 is 0 Å². The molecule has 0 aliphatic rings. The summed E-state index contributed by atoms with van der Waals surface area (Å²) >= 11 is 0. The smallest absolute Gasteiger partial charge is 0.480 e. The molecule has 34 heavy (non-hydrogen) atoms. The van der Waals surface area contributed by atoms with Crippen LogP contribution < -0.4 is 15.2 Å². The lowest BCUT2D eigenvalue weighted by molar-refractivity contribution is -0.144. The number of carboxylic acids is 1. The highest BCUT2D eigenvalue weighted by molar-refractivity contribution is 5.79. The Labute approximate surface area is 199 Å². The monoisotopic (exact) mass is 481 g/mol. The second-order valence-corrected chi connectivity index (χ2v) is 9.15. The molecule has 0 radical (unpaired) electrons. The molecule has 10 nitrogen and oxygen atoms in total. The van der Waals surface area contributed by atoms with Crippen molar-refractivity contribution < 1.29 is 43.2 Å². The molecule has 1 rings (SSSR count). The first-order valence-corrected chi connectivity index (χ1v) is 11.1. The summed E-state index contributed by atoms with van der Waals surface area (Å²) in [6.45, 7) is 8.94. The Morgan fingerprint density at radius 1 is 0.941 bits per heavy atom. The van der Waals surface area contributed by atoms with Gasteiger partial charge < -0.3 is 29.8 Å². The molecule has 0 bridgehead atoms. The number of benzene rings is 1. The zero-order chi connectivity index (χ0) is 26.1. The van der Waals surface area contributed by atoms with Crippen LogP contribution >= 0.6 is 0 Å². The predicted octanol–water partition coefficient (Wildman–Crippen LogP) is 3.48. The molecule has 0 aromatic heterocycles. The fourth-order valence-electron chi connectivity index (χ4n) is 3.19. The number of carbonyl (C=O) groups is 4. The van der Waals surface area contributed by atoms with Crippen molar-refractivity contribution in [2.45, 2.75) is 71.9 Å². The van der Waals surface area contributed by atoms with E-state index in [1.165, 1.54) is 25.1 Å². The van der Waals surface area contributed by atoms with Crippen molar-refractivity contribution in [3.8, 4) is 11.5 Å². The molecule has 0 saturated carbocycles. The van der Waals surface area contributed by atoms with Gasteiger partial charge in [0.15, 0.2) is 11.5 Å². The summed E-state index contributed by atoms with van der Waals surface area (Å²) in [5.74, 6) is -2.16. The van der Waals surface area contributed by atoms with Crippen LogP contribution in [-0.2, 0) is 30.3 Å².